The maximum absolute atomic E-state index is 11.6. The zero-order valence-corrected chi connectivity index (χ0v) is 12.3. The van der Waals surface area contributed by atoms with Crippen LogP contribution in [0.1, 0.15) is 6.42 Å². The van der Waals surface area contributed by atoms with Gasteiger partial charge >= 0.3 is 5.97 Å². The third-order valence-electron chi connectivity index (χ3n) is 2.71. The van der Waals surface area contributed by atoms with Crippen LogP contribution in [0.4, 0.5) is 0 Å². The zero-order valence-electron chi connectivity index (χ0n) is 11.4. The van der Waals surface area contributed by atoms with E-state index in [1.54, 1.807) is 0 Å². The number of carboxylic acid groups (broad SMARTS) is 1. The number of quaternary nitrogens is 1. The molecule has 1 heterocycles. The number of hydrogen-bond acceptors (Lipinski definition) is 6. The minimum absolute atomic E-state index is 0.00215. The molecule has 0 radical (unpaired) electrons. The Bertz CT molecular complexity index is 370. The molecule has 0 spiro atoms. The highest BCUT2D eigenvalue weighted by atomic mass is 31.2. The van der Waals surface area contributed by atoms with Gasteiger partial charge in [-0.05, 0) is 13.0 Å². The average Bonchev–Trinajstić information content (AvgIpc) is 2.62. The average molecular weight is 296 g/mol. The van der Waals surface area contributed by atoms with Crippen molar-refractivity contribution in [3.05, 3.63) is 0 Å². The first-order valence-corrected chi connectivity index (χ1v) is 7.47. The standard InChI is InChI=1S/C10H21N2O6P/c1-12(2,3)6-7-17-19(15,16)18-8-4-5-11-9(8)10(13)14/h8-9,11H,4-7H2,1-3H3,(H-,13,14,15,16)/t8?,9-/m0/s1. The maximum atomic E-state index is 11.6. The van der Waals surface area contributed by atoms with E-state index in [2.05, 4.69) is 5.32 Å². The number of rotatable bonds is 7. The lowest BCUT2D eigenvalue weighted by Gasteiger charge is -2.29. The molecule has 0 amide bonds. The topological polar surface area (TPSA) is 108 Å². The molecule has 1 aliphatic rings. The van der Waals surface area contributed by atoms with E-state index < -0.39 is 25.9 Å². The molecule has 1 rings (SSSR count). The van der Waals surface area contributed by atoms with E-state index in [-0.39, 0.29) is 6.61 Å². The summed E-state index contributed by atoms with van der Waals surface area (Å²) in [6.07, 6.45) is -0.591. The summed E-state index contributed by atoms with van der Waals surface area (Å²) < 4.78 is 21.7. The summed E-state index contributed by atoms with van der Waals surface area (Å²) in [5, 5.41) is 11.6. The molecule has 0 aromatic heterocycles. The van der Waals surface area contributed by atoms with Crippen molar-refractivity contribution >= 4 is 13.8 Å². The van der Waals surface area contributed by atoms with Gasteiger partial charge in [-0.25, -0.2) is 0 Å². The largest absolute Gasteiger partial charge is 0.756 e. The van der Waals surface area contributed by atoms with Crippen LogP contribution < -0.4 is 10.2 Å². The van der Waals surface area contributed by atoms with Crippen LogP contribution in [-0.4, -0.2) is 68.5 Å². The van der Waals surface area contributed by atoms with E-state index in [9.17, 15) is 14.3 Å². The van der Waals surface area contributed by atoms with E-state index in [0.29, 0.717) is 24.0 Å². The Hall–Kier alpha value is -0.500. The Morgan fingerprint density at radius 1 is 1.53 bits per heavy atom. The first-order valence-electron chi connectivity index (χ1n) is 6.01. The van der Waals surface area contributed by atoms with Crippen molar-refractivity contribution in [1.29, 1.82) is 0 Å². The van der Waals surface area contributed by atoms with E-state index >= 15 is 0 Å². The Balaban J connectivity index is 2.45. The molecule has 8 nitrogen and oxygen atoms in total. The predicted octanol–water partition coefficient (Wildman–Crippen LogP) is -0.991. The molecule has 0 aromatic rings. The Morgan fingerprint density at radius 2 is 2.16 bits per heavy atom. The van der Waals surface area contributed by atoms with Crippen LogP contribution in [0.15, 0.2) is 0 Å². The minimum atomic E-state index is -4.47. The molecule has 19 heavy (non-hydrogen) atoms. The fourth-order valence-corrected chi connectivity index (χ4v) is 2.59. The molecule has 0 saturated carbocycles. The molecule has 2 N–H and O–H groups in total. The third-order valence-corrected chi connectivity index (χ3v) is 3.73. The minimum Gasteiger partial charge on any atom is -0.756 e. The Kier molecular flexibility index (Phi) is 5.49. The van der Waals surface area contributed by atoms with E-state index in [0.717, 1.165) is 0 Å². The molecule has 2 unspecified atom stereocenters. The van der Waals surface area contributed by atoms with Crippen LogP contribution >= 0.6 is 7.82 Å². The summed E-state index contributed by atoms with van der Waals surface area (Å²) in [6, 6.07) is -1.01. The van der Waals surface area contributed by atoms with Crippen molar-refractivity contribution in [3.63, 3.8) is 0 Å². The van der Waals surface area contributed by atoms with Gasteiger partial charge in [0.2, 0.25) is 0 Å². The quantitative estimate of drug-likeness (QED) is 0.458. The number of hydrogen-bond donors (Lipinski definition) is 2. The van der Waals surface area contributed by atoms with Gasteiger partial charge < -0.3 is 28.8 Å². The molecule has 112 valence electrons. The fourth-order valence-electron chi connectivity index (χ4n) is 1.66. The van der Waals surface area contributed by atoms with Crippen LogP contribution in [0, 0.1) is 0 Å². The van der Waals surface area contributed by atoms with Crippen LogP contribution in [0.5, 0.6) is 0 Å². The van der Waals surface area contributed by atoms with Gasteiger partial charge in [-0.2, -0.15) is 0 Å². The highest BCUT2D eigenvalue weighted by molar-refractivity contribution is 7.45. The molecule has 1 fully saturated rings. The number of nitrogens with one attached hydrogen (secondary N) is 1. The molecule has 0 bridgehead atoms. The summed E-state index contributed by atoms with van der Waals surface area (Å²) in [5.41, 5.74) is 0. The Morgan fingerprint density at radius 3 is 2.68 bits per heavy atom. The van der Waals surface area contributed by atoms with Crippen LogP contribution in [0.2, 0.25) is 0 Å². The fraction of sp³-hybridized carbons (Fsp3) is 0.900. The van der Waals surface area contributed by atoms with Crippen molar-refractivity contribution in [2.75, 3.05) is 40.8 Å². The number of likely N-dealkylation sites (N-methyl/N-ethyl adjacent to an activating group) is 1. The second kappa shape index (κ2) is 6.30. The number of carbonyl (C=O) groups is 1. The lowest BCUT2D eigenvalue weighted by atomic mass is 10.2. The SMILES string of the molecule is C[N+](C)(C)CCOP(=O)([O-])OC1CCN[C@@H]1C(=O)O. The summed E-state index contributed by atoms with van der Waals surface area (Å²) in [6.45, 7) is 0.906. The van der Waals surface area contributed by atoms with Crippen LogP contribution in [0.25, 0.3) is 0 Å². The van der Waals surface area contributed by atoms with E-state index in [4.69, 9.17) is 14.2 Å². The van der Waals surface area contributed by atoms with Crippen LogP contribution in [0.3, 0.4) is 0 Å². The molecular weight excluding hydrogens is 275 g/mol. The lowest BCUT2D eigenvalue weighted by molar-refractivity contribution is -0.870. The van der Waals surface area contributed by atoms with Gasteiger partial charge in [-0.1, -0.05) is 0 Å². The molecule has 3 atom stereocenters. The molecule has 9 heteroatoms. The number of nitrogens with zero attached hydrogens (tertiary/aromatic N) is 1. The Labute approximate surface area is 112 Å². The summed E-state index contributed by atoms with van der Waals surface area (Å²) in [7, 11) is 1.24. The van der Waals surface area contributed by atoms with E-state index in [1.807, 2.05) is 21.1 Å². The van der Waals surface area contributed by atoms with Gasteiger partial charge in [-0.15, -0.1) is 0 Å². The number of carboxylic acids is 1. The van der Waals surface area contributed by atoms with Crippen molar-refractivity contribution in [3.8, 4) is 0 Å². The second-order valence-corrected chi connectivity index (χ2v) is 6.86. The van der Waals surface area contributed by atoms with Crippen molar-refractivity contribution in [2.24, 2.45) is 0 Å². The second-order valence-electron chi connectivity index (χ2n) is 5.50. The summed E-state index contributed by atoms with van der Waals surface area (Å²) in [5.74, 6) is -1.13. The zero-order chi connectivity index (χ0) is 14.7. The molecule has 0 aliphatic carbocycles. The van der Waals surface area contributed by atoms with Crippen molar-refractivity contribution in [1.82, 2.24) is 5.32 Å². The number of aliphatic carboxylic acids is 1. The normalized spacial score (nSPS) is 27.2. The highest BCUT2D eigenvalue weighted by Crippen LogP contribution is 2.41. The van der Waals surface area contributed by atoms with Gasteiger partial charge in [0.05, 0.1) is 27.2 Å². The molecule has 1 saturated heterocycles. The monoisotopic (exact) mass is 296 g/mol. The predicted molar refractivity (Wildman–Crippen MR) is 65.4 cm³/mol. The van der Waals surface area contributed by atoms with Gasteiger partial charge in [0.1, 0.15) is 19.2 Å². The number of phosphoric ester groups is 1. The van der Waals surface area contributed by atoms with Gasteiger partial charge in [0, 0.05) is 0 Å². The first-order chi connectivity index (χ1) is 8.61. The number of phosphoric acid groups is 1. The molecule has 1 aliphatic heterocycles. The molecular formula is C10H21N2O6P. The summed E-state index contributed by atoms with van der Waals surface area (Å²) in [4.78, 5) is 22.5. The van der Waals surface area contributed by atoms with Crippen molar-refractivity contribution in [2.45, 2.75) is 18.6 Å². The van der Waals surface area contributed by atoms with E-state index in [1.165, 1.54) is 0 Å². The highest BCUT2D eigenvalue weighted by Gasteiger charge is 2.36. The maximum Gasteiger partial charge on any atom is 0.323 e. The first kappa shape index (κ1) is 16.6. The molecule has 0 aromatic carbocycles. The lowest BCUT2D eigenvalue weighted by Crippen LogP contribution is -2.40. The van der Waals surface area contributed by atoms with Crippen LogP contribution in [-0.2, 0) is 18.4 Å². The van der Waals surface area contributed by atoms with Gasteiger partial charge in [-0.3, -0.25) is 9.36 Å². The van der Waals surface area contributed by atoms with Gasteiger partial charge in [0.25, 0.3) is 7.82 Å². The van der Waals surface area contributed by atoms with Crippen molar-refractivity contribution < 1.29 is 32.9 Å². The smallest absolute Gasteiger partial charge is 0.323 e. The van der Waals surface area contributed by atoms with Gasteiger partial charge in [0.15, 0.2) is 0 Å². The third kappa shape index (κ3) is 5.99. The summed E-state index contributed by atoms with van der Waals surface area (Å²) >= 11 is 0.